The number of aromatic nitrogens is 2. The van der Waals surface area contributed by atoms with Crippen molar-refractivity contribution in [3.8, 4) is 11.5 Å². The van der Waals surface area contributed by atoms with Gasteiger partial charge in [-0.25, -0.2) is 0 Å². The number of nitro benzene ring substituents is 1. The van der Waals surface area contributed by atoms with E-state index in [0.29, 0.717) is 30.6 Å². The highest BCUT2D eigenvalue weighted by molar-refractivity contribution is 7.99. The second kappa shape index (κ2) is 12.5. The van der Waals surface area contributed by atoms with Gasteiger partial charge < -0.3 is 9.73 Å². The highest BCUT2D eigenvalue weighted by Gasteiger charge is 2.19. The van der Waals surface area contributed by atoms with Crippen LogP contribution in [0.5, 0.6) is 0 Å². The summed E-state index contributed by atoms with van der Waals surface area (Å²) in [6.45, 7) is 3.55. The monoisotopic (exact) mass is 491 g/mol. The minimum atomic E-state index is -2.54. The Labute approximate surface area is 195 Å². The lowest BCUT2D eigenvalue weighted by atomic mass is 10.1. The van der Waals surface area contributed by atoms with Crippen molar-refractivity contribution in [2.75, 3.05) is 13.2 Å². The van der Waals surface area contributed by atoms with Crippen molar-refractivity contribution < 1.29 is 23.3 Å². The fraction of sp³-hybridized carbons (Fsp3) is 0.333. The van der Waals surface area contributed by atoms with E-state index in [9.17, 15) is 14.7 Å². The van der Waals surface area contributed by atoms with Crippen LogP contribution in [0, 0.1) is 10.1 Å². The molecule has 10 nitrogen and oxygen atoms in total. The molecule has 0 aliphatic rings. The highest BCUT2D eigenvalue weighted by Crippen LogP contribution is 2.38. The largest absolute Gasteiger partial charge is 0.694 e. The zero-order chi connectivity index (χ0) is 23.6. The van der Waals surface area contributed by atoms with Crippen LogP contribution in [0.15, 0.2) is 58.2 Å². The first-order chi connectivity index (χ1) is 16.0. The van der Waals surface area contributed by atoms with Gasteiger partial charge in [0.25, 0.3) is 10.9 Å². The van der Waals surface area contributed by atoms with Crippen molar-refractivity contribution in [2.24, 2.45) is 0 Å². The summed E-state index contributed by atoms with van der Waals surface area (Å²) in [6, 6.07) is 14.3. The van der Waals surface area contributed by atoms with Crippen LogP contribution in [-0.2, 0) is 15.6 Å². The number of thioether (sulfide) groups is 1. The van der Waals surface area contributed by atoms with Crippen molar-refractivity contribution in [1.29, 1.82) is 0 Å². The SMILES string of the molecule is CCC(Sc1nnc(-c2ccc(CNCCCO[P+](=O)O)cc2)o1)c1cccc([N+](=O)[O-])c1. The molecule has 2 unspecified atom stereocenters. The molecule has 2 N–H and O–H groups in total. The third-order valence-corrected chi connectivity index (χ3v) is 6.36. The number of benzene rings is 2. The fourth-order valence-corrected chi connectivity index (χ4v) is 4.25. The Bertz CT molecular complexity index is 1080. The average Bonchev–Trinajstić information content (AvgIpc) is 3.28. The number of nitro groups is 1. The molecule has 12 heteroatoms. The van der Waals surface area contributed by atoms with Gasteiger partial charge in [-0.3, -0.25) is 10.1 Å². The Hall–Kier alpha value is -2.69. The Balaban J connectivity index is 1.55. The molecule has 2 aromatic carbocycles. The second-order valence-corrected chi connectivity index (χ2v) is 8.93. The summed E-state index contributed by atoms with van der Waals surface area (Å²) in [5.41, 5.74) is 2.76. The highest BCUT2D eigenvalue weighted by atomic mass is 32.2. The van der Waals surface area contributed by atoms with E-state index >= 15 is 0 Å². The molecule has 33 heavy (non-hydrogen) atoms. The smallest absolute Gasteiger partial charge is 0.411 e. The maximum Gasteiger partial charge on any atom is 0.694 e. The van der Waals surface area contributed by atoms with Gasteiger partial charge in [0.15, 0.2) is 0 Å². The van der Waals surface area contributed by atoms with E-state index in [4.69, 9.17) is 9.31 Å². The van der Waals surface area contributed by atoms with Gasteiger partial charge in [-0.1, -0.05) is 43.0 Å². The van der Waals surface area contributed by atoms with Crippen LogP contribution in [0.25, 0.3) is 11.5 Å². The zero-order valence-electron chi connectivity index (χ0n) is 17.9. The van der Waals surface area contributed by atoms with Gasteiger partial charge in [-0.15, -0.1) is 19.6 Å². The van der Waals surface area contributed by atoms with Crippen molar-refractivity contribution in [2.45, 2.75) is 36.8 Å². The Morgan fingerprint density at radius 3 is 2.76 bits per heavy atom. The lowest BCUT2D eigenvalue weighted by molar-refractivity contribution is -0.384. The van der Waals surface area contributed by atoms with Crippen LogP contribution in [0.2, 0.25) is 0 Å². The van der Waals surface area contributed by atoms with E-state index in [0.717, 1.165) is 23.1 Å². The number of nitrogens with zero attached hydrogens (tertiary/aromatic N) is 3. The fourth-order valence-electron chi connectivity index (χ4n) is 3.06. The van der Waals surface area contributed by atoms with Gasteiger partial charge in [0.2, 0.25) is 5.89 Å². The third-order valence-electron chi connectivity index (χ3n) is 4.70. The summed E-state index contributed by atoms with van der Waals surface area (Å²) in [4.78, 5) is 19.2. The maximum absolute atomic E-state index is 11.1. The first-order valence-corrected chi connectivity index (χ1v) is 12.3. The topological polar surface area (TPSA) is 141 Å². The van der Waals surface area contributed by atoms with Crippen LogP contribution < -0.4 is 5.32 Å². The second-order valence-electron chi connectivity index (χ2n) is 7.04. The summed E-state index contributed by atoms with van der Waals surface area (Å²) >= 11 is 1.38. The van der Waals surface area contributed by atoms with E-state index in [1.165, 1.54) is 17.8 Å². The zero-order valence-corrected chi connectivity index (χ0v) is 19.6. The summed E-state index contributed by atoms with van der Waals surface area (Å²) in [5, 5.41) is 22.9. The molecule has 1 aromatic heterocycles. The minimum absolute atomic E-state index is 0.0463. The Morgan fingerprint density at radius 1 is 1.27 bits per heavy atom. The first-order valence-electron chi connectivity index (χ1n) is 10.3. The molecule has 3 rings (SSSR count). The van der Waals surface area contributed by atoms with Gasteiger partial charge in [0.1, 0.15) is 6.61 Å². The summed E-state index contributed by atoms with van der Waals surface area (Å²) in [6.07, 6.45) is 1.38. The molecule has 2 atom stereocenters. The predicted octanol–water partition coefficient (Wildman–Crippen LogP) is 5.03. The normalized spacial score (nSPS) is 12.5. The molecule has 1 heterocycles. The molecule has 0 aliphatic heterocycles. The van der Waals surface area contributed by atoms with E-state index in [1.807, 2.05) is 37.3 Å². The van der Waals surface area contributed by atoms with Gasteiger partial charge in [0.05, 0.1) is 4.92 Å². The molecule has 3 aromatic rings. The molecule has 0 bridgehead atoms. The maximum atomic E-state index is 11.1. The molecule has 0 saturated heterocycles. The van der Waals surface area contributed by atoms with Crippen molar-refractivity contribution in [1.82, 2.24) is 15.5 Å². The average molecular weight is 491 g/mol. The molecular weight excluding hydrogens is 467 g/mol. The summed E-state index contributed by atoms with van der Waals surface area (Å²) < 4.78 is 20.9. The van der Waals surface area contributed by atoms with Gasteiger partial charge in [-0.2, -0.15) is 0 Å². The molecule has 0 saturated carbocycles. The number of nitrogens with one attached hydrogen (secondary N) is 1. The summed E-state index contributed by atoms with van der Waals surface area (Å²) in [7, 11) is -2.54. The van der Waals surface area contributed by atoms with Crippen LogP contribution in [0.1, 0.15) is 36.1 Å². The van der Waals surface area contributed by atoms with E-state index in [1.54, 1.807) is 12.1 Å². The number of rotatable bonds is 13. The first kappa shape index (κ1) is 24.9. The van der Waals surface area contributed by atoms with E-state index in [-0.39, 0.29) is 17.5 Å². The van der Waals surface area contributed by atoms with Gasteiger partial charge in [-0.05, 0) is 42.6 Å². The standard InChI is InChI=1S/C21H23N4O6PS/c1-2-19(17-5-3-6-18(13-17)25(26)27)33-21-24-23-20(31-21)16-9-7-15(8-10-16)14-22-11-4-12-30-32(28)29/h3,5-10,13,19,22H,2,4,11-12,14H2,1H3/p+1. The summed E-state index contributed by atoms with van der Waals surface area (Å²) in [5.74, 6) is 0.404. The van der Waals surface area contributed by atoms with Crippen LogP contribution in [0.3, 0.4) is 0 Å². The molecular formula is C21H24N4O6PS+. The Kier molecular flexibility index (Phi) is 9.47. The number of hydrogen-bond donors (Lipinski definition) is 2. The molecule has 174 valence electrons. The lowest BCUT2D eigenvalue weighted by Crippen LogP contribution is -2.15. The van der Waals surface area contributed by atoms with Crippen molar-refractivity contribution in [3.05, 3.63) is 69.8 Å². The Morgan fingerprint density at radius 2 is 2.06 bits per heavy atom. The molecule has 0 fully saturated rings. The number of hydrogen-bond acceptors (Lipinski definition) is 9. The van der Waals surface area contributed by atoms with Crippen LogP contribution in [0.4, 0.5) is 5.69 Å². The molecule has 0 aliphatic carbocycles. The predicted molar refractivity (Wildman–Crippen MR) is 124 cm³/mol. The van der Waals surface area contributed by atoms with E-state index < -0.39 is 13.2 Å². The lowest BCUT2D eigenvalue weighted by Gasteiger charge is -2.11. The molecule has 0 amide bonds. The van der Waals surface area contributed by atoms with Crippen LogP contribution >= 0.6 is 20.0 Å². The van der Waals surface area contributed by atoms with Crippen molar-refractivity contribution >= 4 is 25.7 Å². The van der Waals surface area contributed by atoms with Gasteiger partial charge in [0, 0.05) is 34.1 Å². The molecule has 0 spiro atoms. The van der Waals surface area contributed by atoms with Gasteiger partial charge >= 0.3 is 8.25 Å². The van der Waals surface area contributed by atoms with Crippen molar-refractivity contribution in [3.63, 3.8) is 0 Å². The quantitative estimate of drug-likeness (QED) is 0.110. The molecule has 0 radical (unpaired) electrons. The third kappa shape index (κ3) is 7.69. The number of non-ortho nitro benzene ring substituents is 1. The minimum Gasteiger partial charge on any atom is -0.411 e. The van der Waals surface area contributed by atoms with Crippen LogP contribution in [-0.4, -0.2) is 33.2 Å². The van der Waals surface area contributed by atoms with E-state index in [2.05, 4.69) is 20.0 Å².